The van der Waals surface area contributed by atoms with Gasteiger partial charge in [0.15, 0.2) is 11.4 Å². The van der Waals surface area contributed by atoms with E-state index in [1.807, 2.05) is 42.5 Å². The van der Waals surface area contributed by atoms with E-state index in [0.29, 0.717) is 11.4 Å². The van der Waals surface area contributed by atoms with Gasteiger partial charge in [-0.15, -0.1) is 0 Å². The highest BCUT2D eigenvalue weighted by molar-refractivity contribution is 6.13. The van der Waals surface area contributed by atoms with Crippen LogP contribution >= 0.6 is 0 Å². The second-order valence-electron chi connectivity index (χ2n) is 13.9. The minimum atomic E-state index is 0.574. The Labute approximate surface area is 316 Å². The molecule has 11 aromatic rings. The van der Waals surface area contributed by atoms with E-state index >= 15 is 0 Å². The predicted octanol–water partition coefficient (Wildman–Crippen LogP) is 13.7. The van der Waals surface area contributed by atoms with E-state index < -0.39 is 0 Å². The zero-order chi connectivity index (χ0) is 36.6. The first-order chi connectivity index (χ1) is 27.2. The number of fused-ring (bicyclic) bond motifs is 9. The molecule has 5 nitrogen and oxygen atoms in total. The average Bonchev–Trinajstić information content (AvgIpc) is 3.89. The van der Waals surface area contributed by atoms with Gasteiger partial charge in [0.1, 0.15) is 0 Å². The largest absolute Gasteiger partial charge is 0.310 e. The minimum Gasteiger partial charge on any atom is -0.310 e. The smallest absolute Gasteiger partial charge is 0.189 e. The fourth-order valence-electron chi connectivity index (χ4n) is 8.68. The van der Waals surface area contributed by atoms with Gasteiger partial charge in [-0.1, -0.05) is 103 Å². The molecule has 254 valence electrons. The van der Waals surface area contributed by atoms with Crippen LogP contribution in [0.25, 0.3) is 103 Å². The summed E-state index contributed by atoms with van der Waals surface area (Å²) >= 11 is 0. The predicted molar refractivity (Wildman–Crippen MR) is 227 cm³/mol. The van der Waals surface area contributed by atoms with Gasteiger partial charge in [-0.3, -0.25) is 0 Å². The number of hydrogen-bond acceptors (Lipinski definition) is 0. The zero-order valence-electron chi connectivity index (χ0n) is 29.5. The molecule has 0 bridgehead atoms. The molecule has 0 amide bonds. The third-order valence-electron chi connectivity index (χ3n) is 11.1. The van der Waals surface area contributed by atoms with E-state index in [0.717, 1.165) is 61.0 Å². The lowest BCUT2D eigenvalue weighted by atomic mass is 10.0. The molecule has 0 aliphatic rings. The minimum absolute atomic E-state index is 0.574. The summed E-state index contributed by atoms with van der Waals surface area (Å²) in [5.41, 5.74) is 13.1. The highest BCUT2D eigenvalue weighted by Crippen LogP contribution is 2.41. The van der Waals surface area contributed by atoms with Gasteiger partial charge in [-0.05, 0) is 83.7 Å². The summed E-state index contributed by atoms with van der Waals surface area (Å²) in [6.45, 7) is 15.5. The van der Waals surface area contributed by atoms with Crippen LogP contribution in [-0.4, -0.2) is 13.7 Å². The van der Waals surface area contributed by atoms with Crippen molar-refractivity contribution in [3.8, 4) is 28.2 Å². The van der Waals surface area contributed by atoms with Crippen LogP contribution < -0.4 is 0 Å². The van der Waals surface area contributed by atoms with Crippen LogP contribution in [0.3, 0.4) is 0 Å². The molecule has 0 saturated carbocycles. The molecule has 3 aromatic heterocycles. The van der Waals surface area contributed by atoms with Gasteiger partial charge in [0.05, 0.1) is 46.2 Å². The van der Waals surface area contributed by atoms with E-state index in [-0.39, 0.29) is 0 Å². The summed E-state index contributed by atoms with van der Waals surface area (Å²) in [7, 11) is 0. The fourth-order valence-corrected chi connectivity index (χ4v) is 8.68. The van der Waals surface area contributed by atoms with Crippen molar-refractivity contribution in [2.24, 2.45) is 0 Å². The SMILES string of the molecule is [C-]#[N+]c1ccc(-c2ccc(-n3c4ccccc4c4cc(-n5c6ccccc6c6ccccc65)ccc43)cc2)c(-n2c3ccccc3c3cc([N+]#[C-])ccc32)c1. The molecule has 11 rings (SSSR count). The number of aromatic nitrogens is 3. The highest BCUT2D eigenvalue weighted by atomic mass is 15.0. The number of nitrogens with zero attached hydrogens (tertiary/aromatic N) is 5. The van der Waals surface area contributed by atoms with Crippen LogP contribution in [0.5, 0.6) is 0 Å². The Morgan fingerprint density at radius 1 is 0.327 bits per heavy atom. The number of hydrogen-bond donors (Lipinski definition) is 0. The van der Waals surface area contributed by atoms with Crippen molar-refractivity contribution < 1.29 is 0 Å². The Morgan fingerprint density at radius 2 is 0.745 bits per heavy atom. The Morgan fingerprint density at radius 3 is 1.35 bits per heavy atom. The molecule has 0 saturated heterocycles. The monoisotopic (exact) mass is 699 g/mol. The zero-order valence-corrected chi connectivity index (χ0v) is 29.5. The van der Waals surface area contributed by atoms with Gasteiger partial charge in [-0.25, -0.2) is 9.69 Å². The fraction of sp³-hybridized carbons (Fsp3) is 0. The maximum Gasteiger partial charge on any atom is 0.189 e. The summed E-state index contributed by atoms with van der Waals surface area (Å²) in [5.74, 6) is 0. The molecule has 0 spiro atoms. The first kappa shape index (κ1) is 30.7. The van der Waals surface area contributed by atoms with Crippen LogP contribution in [0.2, 0.25) is 0 Å². The summed E-state index contributed by atoms with van der Waals surface area (Å²) in [6.07, 6.45) is 0. The summed E-state index contributed by atoms with van der Waals surface area (Å²) in [4.78, 5) is 7.52. The lowest BCUT2D eigenvalue weighted by Crippen LogP contribution is -1.98. The van der Waals surface area contributed by atoms with E-state index in [2.05, 4.69) is 157 Å². The normalized spacial score (nSPS) is 11.6. The van der Waals surface area contributed by atoms with Gasteiger partial charge in [-0.2, -0.15) is 0 Å². The van der Waals surface area contributed by atoms with Crippen LogP contribution in [0.1, 0.15) is 0 Å². The maximum absolute atomic E-state index is 7.86. The Hall–Kier alpha value is -7.86. The van der Waals surface area contributed by atoms with Crippen LogP contribution in [0, 0.1) is 13.1 Å². The van der Waals surface area contributed by atoms with Crippen molar-refractivity contribution in [1.82, 2.24) is 13.7 Å². The molecule has 3 heterocycles. The summed E-state index contributed by atoms with van der Waals surface area (Å²) in [5, 5.41) is 6.99. The Bertz CT molecular complexity index is 3400. The van der Waals surface area contributed by atoms with E-state index in [1.54, 1.807) is 0 Å². The first-order valence-corrected chi connectivity index (χ1v) is 18.3. The number of benzene rings is 8. The second kappa shape index (κ2) is 11.8. The Balaban J connectivity index is 1.07. The summed E-state index contributed by atoms with van der Waals surface area (Å²) < 4.78 is 6.97. The standard InChI is InChI=1S/C50H29N5/c1-51-33-22-27-49-42(29-33)40-13-6-10-18-47(40)55(49)50-30-34(52-2)21-26-37(50)32-19-23-35(24-20-32)53-46-17-9-5-14-41(46)43-31-36(25-28-48(43)53)54-44-15-7-3-11-38(44)39-12-4-8-16-45(39)54/h3-31H. The van der Waals surface area contributed by atoms with Crippen molar-refractivity contribution in [3.63, 3.8) is 0 Å². The highest BCUT2D eigenvalue weighted by Gasteiger charge is 2.19. The van der Waals surface area contributed by atoms with Gasteiger partial charge < -0.3 is 13.7 Å². The second-order valence-corrected chi connectivity index (χ2v) is 13.9. The molecule has 0 aliphatic carbocycles. The van der Waals surface area contributed by atoms with E-state index in [1.165, 1.54) is 32.6 Å². The van der Waals surface area contributed by atoms with Gasteiger partial charge in [0, 0.05) is 49.6 Å². The molecule has 0 N–H and O–H groups in total. The van der Waals surface area contributed by atoms with Gasteiger partial charge >= 0.3 is 0 Å². The molecule has 0 aliphatic heterocycles. The maximum atomic E-state index is 7.86. The van der Waals surface area contributed by atoms with Crippen LogP contribution in [0.15, 0.2) is 176 Å². The average molecular weight is 700 g/mol. The molecule has 0 unspecified atom stereocenters. The van der Waals surface area contributed by atoms with Crippen molar-refractivity contribution >= 4 is 76.8 Å². The van der Waals surface area contributed by atoms with Crippen molar-refractivity contribution in [2.75, 3.05) is 0 Å². The van der Waals surface area contributed by atoms with Crippen molar-refractivity contribution in [1.29, 1.82) is 0 Å². The molecule has 0 atom stereocenters. The molecule has 0 fully saturated rings. The van der Waals surface area contributed by atoms with Gasteiger partial charge in [0.25, 0.3) is 0 Å². The molecule has 8 aromatic carbocycles. The molecule has 5 heteroatoms. The molecular weight excluding hydrogens is 671 g/mol. The number of para-hydroxylation sites is 4. The molecule has 55 heavy (non-hydrogen) atoms. The van der Waals surface area contributed by atoms with E-state index in [4.69, 9.17) is 13.1 Å². The topological polar surface area (TPSA) is 23.5 Å². The number of rotatable bonds is 4. The van der Waals surface area contributed by atoms with Gasteiger partial charge in [0.2, 0.25) is 0 Å². The quantitative estimate of drug-likeness (QED) is 0.163. The summed E-state index contributed by atoms with van der Waals surface area (Å²) in [6, 6.07) is 61.6. The third kappa shape index (κ3) is 4.51. The molecule has 0 radical (unpaired) electrons. The lowest BCUT2D eigenvalue weighted by Gasteiger charge is -2.16. The van der Waals surface area contributed by atoms with Crippen LogP contribution in [0.4, 0.5) is 11.4 Å². The Kier molecular flexibility index (Phi) is 6.61. The van der Waals surface area contributed by atoms with Crippen molar-refractivity contribution in [3.05, 3.63) is 199 Å². The van der Waals surface area contributed by atoms with Crippen LogP contribution in [-0.2, 0) is 0 Å². The molecular formula is C50H29N5. The lowest BCUT2D eigenvalue weighted by molar-refractivity contribution is 1.16. The van der Waals surface area contributed by atoms with Crippen molar-refractivity contribution in [2.45, 2.75) is 0 Å². The first-order valence-electron chi connectivity index (χ1n) is 18.3. The third-order valence-corrected chi connectivity index (χ3v) is 11.1. The van der Waals surface area contributed by atoms with E-state index in [9.17, 15) is 0 Å².